The second-order valence-electron chi connectivity index (χ2n) is 5.13. The van der Waals surface area contributed by atoms with E-state index in [0.717, 1.165) is 24.4 Å². The molecule has 1 aromatic rings. The van der Waals surface area contributed by atoms with E-state index in [1.165, 1.54) is 6.42 Å². The molecular weight excluding hydrogens is 280 g/mol. The summed E-state index contributed by atoms with van der Waals surface area (Å²) in [6, 6.07) is 5.68. The number of hydrogen-bond donors (Lipinski definition) is 1. The van der Waals surface area contributed by atoms with E-state index in [9.17, 15) is 4.79 Å². The van der Waals surface area contributed by atoms with E-state index in [1.807, 2.05) is 7.05 Å². The number of nitrogens with zero attached hydrogens (tertiary/aromatic N) is 2. The Morgan fingerprint density at radius 2 is 2.32 bits per heavy atom. The standard InChI is InChI=1S/C14H19ClN2OS/c1-16-7-3-4-10(16)9-17(2)14(18)12-8-11(19)5-6-13(12)15/h5-6,8,10,19H,3-4,7,9H2,1-2H3. The average molecular weight is 299 g/mol. The minimum atomic E-state index is -0.0406. The van der Waals surface area contributed by atoms with Gasteiger partial charge in [0.15, 0.2) is 0 Å². The number of amides is 1. The molecule has 0 N–H and O–H groups in total. The molecule has 0 saturated carbocycles. The first kappa shape index (κ1) is 14.7. The summed E-state index contributed by atoms with van der Waals surface area (Å²) in [7, 11) is 3.94. The fourth-order valence-electron chi connectivity index (χ4n) is 2.49. The molecule has 1 aliphatic rings. The number of carbonyl (C=O) groups is 1. The van der Waals surface area contributed by atoms with Gasteiger partial charge in [0.05, 0.1) is 10.6 Å². The number of hydrogen-bond acceptors (Lipinski definition) is 3. The molecule has 0 spiro atoms. The van der Waals surface area contributed by atoms with Gasteiger partial charge in [0.25, 0.3) is 5.91 Å². The molecule has 1 unspecified atom stereocenters. The third kappa shape index (κ3) is 3.44. The Labute approximate surface area is 124 Å². The second kappa shape index (κ2) is 6.16. The van der Waals surface area contributed by atoms with Crippen molar-refractivity contribution >= 4 is 30.1 Å². The van der Waals surface area contributed by atoms with E-state index in [2.05, 4.69) is 24.6 Å². The fraction of sp³-hybridized carbons (Fsp3) is 0.500. The summed E-state index contributed by atoms with van der Waals surface area (Å²) in [6.45, 7) is 1.85. The van der Waals surface area contributed by atoms with Crippen LogP contribution in [-0.4, -0.2) is 48.9 Å². The normalized spacial score (nSPS) is 19.7. The summed E-state index contributed by atoms with van der Waals surface area (Å²) in [4.78, 5) is 17.2. The molecule has 3 nitrogen and oxygen atoms in total. The van der Waals surface area contributed by atoms with Gasteiger partial charge < -0.3 is 9.80 Å². The number of benzene rings is 1. The number of likely N-dealkylation sites (tertiary alicyclic amines) is 1. The second-order valence-corrected chi connectivity index (χ2v) is 6.05. The molecule has 19 heavy (non-hydrogen) atoms. The van der Waals surface area contributed by atoms with Crippen LogP contribution in [0.3, 0.4) is 0 Å². The predicted molar refractivity (Wildman–Crippen MR) is 81.3 cm³/mol. The highest BCUT2D eigenvalue weighted by atomic mass is 35.5. The van der Waals surface area contributed by atoms with Crippen molar-refractivity contribution < 1.29 is 4.79 Å². The molecular formula is C14H19ClN2OS. The third-order valence-electron chi connectivity index (χ3n) is 3.68. The minimum absolute atomic E-state index is 0.0406. The highest BCUT2D eigenvalue weighted by Gasteiger charge is 2.25. The Morgan fingerprint density at radius 3 is 2.95 bits per heavy atom. The van der Waals surface area contributed by atoms with Crippen LogP contribution >= 0.6 is 24.2 Å². The molecule has 2 rings (SSSR count). The number of likely N-dealkylation sites (N-methyl/N-ethyl adjacent to an activating group) is 2. The van der Waals surface area contributed by atoms with Gasteiger partial charge in [-0.1, -0.05) is 11.6 Å². The van der Waals surface area contributed by atoms with E-state index >= 15 is 0 Å². The quantitative estimate of drug-likeness (QED) is 0.868. The maximum atomic E-state index is 12.4. The van der Waals surface area contributed by atoms with Crippen molar-refractivity contribution in [2.45, 2.75) is 23.8 Å². The Morgan fingerprint density at radius 1 is 1.58 bits per heavy atom. The molecule has 1 aliphatic heterocycles. The summed E-state index contributed by atoms with van der Waals surface area (Å²) in [5.74, 6) is -0.0406. The number of thiol groups is 1. The Balaban J connectivity index is 2.08. The van der Waals surface area contributed by atoms with Crippen LogP contribution < -0.4 is 0 Å². The number of carbonyl (C=O) groups excluding carboxylic acids is 1. The zero-order valence-electron chi connectivity index (χ0n) is 11.3. The number of rotatable bonds is 3. The Bertz CT molecular complexity index is 481. The lowest BCUT2D eigenvalue weighted by Gasteiger charge is -2.26. The van der Waals surface area contributed by atoms with Crippen LogP contribution in [0, 0.1) is 0 Å². The lowest BCUT2D eigenvalue weighted by atomic mass is 10.1. The van der Waals surface area contributed by atoms with Gasteiger partial charge in [0, 0.05) is 24.5 Å². The van der Waals surface area contributed by atoms with Crippen LogP contribution in [0.4, 0.5) is 0 Å². The molecule has 1 aromatic carbocycles. The van der Waals surface area contributed by atoms with Gasteiger partial charge in [-0.05, 0) is 44.6 Å². The molecule has 1 heterocycles. The maximum Gasteiger partial charge on any atom is 0.255 e. The van der Waals surface area contributed by atoms with E-state index in [4.69, 9.17) is 11.6 Å². The van der Waals surface area contributed by atoms with E-state index in [1.54, 1.807) is 23.1 Å². The summed E-state index contributed by atoms with van der Waals surface area (Å²) in [5.41, 5.74) is 0.525. The SMILES string of the molecule is CN(CC1CCCN1C)C(=O)c1cc(S)ccc1Cl. The molecule has 1 fully saturated rings. The van der Waals surface area contributed by atoms with Crippen molar-refractivity contribution in [1.82, 2.24) is 9.80 Å². The van der Waals surface area contributed by atoms with Crippen LogP contribution in [0.1, 0.15) is 23.2 Å². The third-order valence-corrected chi connectivity index (χ3v) is 4.29. The van der Waals surface area contributed by atoms with Crippen LogP contribution in [0.2, 0.25) is 5.02 Å². The van der Waals surface area contributed by atoms with Crippen LogP contribution in [0.25, 0.3) is 0 Å². The lowest BCUT2D eigenvalue weighted by Crippen LogP contribution is -2.39. The molecule has 104 valence electrons. The van der Waals surface area contributed by atoms with E-state index in [0.29, 0.717) is 16.6 Å². The smallest absolute Gasteiger partial charge is 0.255 e. The van der Waals surface area contributed by atoms with Crippen LogP contribution in [-0.2, 0) is 0 Å². The summed E-state index contributed by atoms with van der Waals surface area (Å²) in [5, 5.41) is 0.481. The maximum absolute atomic E-state index is 12.4. The highest BCUT2D eigenvalue weighted by molar-refractivity contribution is 7.80. The van der Waals surface area contributed by atoms with Crippen molar-refractivity contribution in [2.75, 3.05) is 27.2 Å². The van der Waals surface area contributed by atoms with Crippen molar-refractivity contribution in [2.24, 2.45) is 0 Å². The highest BCUT2D eigenvalue weighted by Crippen LogP contribution is 2.22. The molecule has 0 radical (unpaired) electrons. The Kier molecular flexibility index (Phi) is 4.76. The summed E-state index contributed by atoms with van der Waals surface area (Å²) >= 11 is 10.3. The molecule has 0 aromatic heterocycles. The van der Waals surface area contributed by atoms with Gasteiger partial charge >= 0.3 is 0 Å². The molecule has 1 saturated heterocycles. The van der Waals surface area contributed by atoms with Gasteiger partial charge in [-0.25, -0.2) is 0 Å². The van der Waals surface area contributed by atoms with E-state index in [-0.39, 0.29) is 5.91 Å². The molecule has 1 amide bonds. The predicted octanol–water partition coefficient (Wildman–Crippen LogP) is 2.79. The largest absolute Gasteiger partial charge is 0.340 e. The van der Waals surface area contributed by atoms with Gasteiger partial charge in [0.2, 0.25) is 0 Å². The lowest BCUT2D eigenvalue weighted by molar-refractivity contribution is 0.0761. The Hall–Kier alpha value is -0.710. The number of halogens is 1. The van der Waals surface area contributed by atoms with Gasteiger partial charge in [-0.3, -0.25) is 4.79 Å². The van der Waals surface area contributed by atoms with Gasteiger partial charge in [0.1, 0.15) is 0 Å². The van der Waals surface area contributed by atoms with Crippen LogP contribution in [0.15, 0.2) is 23.1 Å². The first-order valence-electron chi connectivity index (χ1n) is 6.43. The van der Waals surface area contributed by atoms with E-state index < -0.39 is 0 Å². The van der Waals surface area contributed by atoms with Crippen molar-refractivity contribution in [1.29, 1.82) is 0 Å². The van der Waals surface area contributed by atoms with Crippen LogP contribution in [0.5, 0.6) is 0 Å². The van der Waals surface area contributed by atoms with Gasteiger partial charge in [-0.15, -0.1) is 12.6 Å². The summed E-state index contributed by atoms with van der Waals surface area (Å²) in [6.07, 6.45) is 2.35. The summed E-state index contributed by atoms with van der Waals surface area (Å²) < 4.78 is 0. The van der Waals surface area contributed by atoms with Crippen molar-refractivity contribution in [3.8, 4) is 0 Å². The average Bonchev–Trinajstić information content (AvgIpc) is 2.77. The zero-order valence-corrected chi connectivity index (χ0v) is 12.9. The molecule has 5 heteroatoms. The molecule has 1 atom stereocenters. The van der Waals surface area contributed by atoms with Gasteiger partial charge in [-0.2, -0.15) is 0 Å². The van der Waals surface area contributed by atoms with Crippen molar-refractivity contribution in [3.05, 3.63) is 28.8 Å². The molecule has 0 bridgehead atoms. The topological polar surface area (TPSA) is 23.6 Å². The zero-order chi connectivity index (χ0) is 14.0. The minimum Gasteiger partial charge on any atom is -0.340 e. The molecule has 0 aliphatic carbocycles. The monoisotopic (exact) mass is 298 g/mol. The fourth-order valence-corrected chi connectivity index (χ4v) is 2.89. The first-order chi connectivity index (χ1) is 8.99. The van der Waals surface area contributed by atoms with Crippen molar-refractivity contribution in [3.63, 3.8) is 0 Å². The first-order valence-corrected chi connectivity index (χ1v) is 7.26.